The molecule has 1 aliphatic rings. The minimum atomic E-state index is 0.839. The van der Waals surface area contributed by atoms with E-state index in [0.29, 0.717) is 0 Å². The molecule has 1 aliphatic carbocycles. The highest BCUT2D eigenvalue weighted by Crippen LogP contribution is 2.23. The summed E-state index contributed by atoms with van der Waals surface area (Å²) >= 11 is 0. The quantitative estimate of drug-likeness (QED) is 0.564. The van der Waals surface area contributed by atoms with Crippen LogP contribution in [0.2, 0.25) is 0 Å². The molecule has 0 atom stereocenters. The fourth-order valence-corrected chi connectivity index (χ4v) is 2.85. The minimum absolute atomic E-state index is 0.839. The Morgan fingerprint density at radius 3 is 2.06 bits per heavy atom. The molecule has 1 fully saturated rings. The molecule has 0 spiro atoms. The van der Waals surface area contributed by atoms with E-state index in [1.807, 2.05) is 0 Å². The maximum Gasteiger partial charge on any atom is 0.00672 e. The Labute approximate surface area is 109 Å². The van der Waals surface area contributed by atoms with Gasteiger partial charge in [0.05, 0.1) is 0 Å². The van der Waals surface area contributed by atoms with Crippen molar-refractivity contribution in [2.45, 2.75) is 90.5 Å². The smallest absolute Gasteiger partial charge is 0.00672 e. The first-order valence-corrected chi connectivity index (χ1v) is 8.06. The second kappa shape index (κ2) is 9.94. The van der Waals surface area contributed by atoms with Crippen molar-refractivity contribution >= 4 is 0 Å². The van der Waals surface area contributed by atoms with Gasteiger partial charge in [-0.15, -0.1) is 0 Å². The van der Waals surface area contributed by atoms with Crippen molar-refractivity contribution in [3.8, 4) is 0 Å². The lowest BCUT2D eigenvalue weighted by Crippen LogP contribution is -2.33. The highest BCUT2D eigenvalue weighted by atomic mass is 14.9. The molecule has 1 nitrogen and oxygen atoms in total. The Bertz CT molecular complexity index is 159. The van der Waals surface area contributed by atoms with Crippen LogP contribution in [-0.2, 0) is 0 Å². The summed E-state index contributed by atoms with van der Waals surface area (Å²) in [5, 5.41) is 3.74. The third-order valence-electron chi connectivity index (χ3n) is 4.23. The number of nitrogens with one attached hydrogen (secondary N) is 1. The van der Waals surface area contributed by atoms with Crippen LogP contribution in [0.25, 0.3) is 0 Å². The van der Waals surface area contributed by atoms with Gasteiger partial charge >= 0.3 is 0 Å². The maximum atomic E-state index is 3.74. The first-order valence-electron chi connectivity index (χ1n) is 8.06. The number of hydrogen-bond acceptors (Lipinski definition) is 1. The van der Waals surface area contributed by atoms with Gasteiger partial charge in [-0.3, -0.25) is 0 Å². The first-order chi connectivity index (χ1) is 8.33. The topological polar surface area (TPSA) is 12.0 Å². The number of hydrogen-bond donors (Lipinski definition) is 1. The van der Waals surface area contributed by atoms with Crippen molar-refractivity contribution in [3.05, 3.63) is 0 Å². The van der Waals surface area contributed by atoms with Crippen molar-refractivity contribution < 1.29 is 0 Å². The fraction of sp³-hybridized carbons (Fsp3) is 1.00. The molecule has 102 valence electrons. The van der Waals surface area contributed by atoms with E-state index < -0.39 is 0 Å². The molecule has 1 saturated carbocycles. The van der Waals surface area contributed by atoms with Gasteiger partial charge in [0.1, 0.15) is 0 Å². The average Bonchev–Trinajstić information content (AvgIpc) is 2.35. The zero-order chi connectivity index (χ0) is 12.3. The van der Waals surface area contributed by atoms with Gasteiger partial charge in [-0.05, 0) is 44.6 Å². The van der Waals surface area contributed by atoms with Crippen LogP contribution < -0.4 is 5.32 Å². The lowest BCUT2D eigenvalue weighted by molar-refractivity contribution is 0.306. The zero-order valence-corrected chi connectivity index (χ0v) is 12.1. The van der Waals surface area contributed by atoms with Gasteiger partial charge in [-0.25, -0.2) is 0 Å². The monoisotopic (exact) mass is 239 g/mol. The van der Waals surface area contributed by atoms with Gasteiger partial charge in [0.2, 0.25) is 0 Å². The van der Waals surface area contributed by atoms with Crippen molar-refractivity contribution in [2.75, 3.05) is 6.54 Å². The molecule has 0 heterocycles. The van der Waals surface area contributed by atoms with Crippen LogP contribution in [0.1, 0.15) is 84.5 Å². The molecule has 0 amide bonds. The van der Waals surface area contributed by atoms with Crippen LogP contribution in [0.15, 0.2) is 0 Å². The highest BCUT2D eigenvalue weighted by Gasteiger charge is 2.16. The molecule has 0 radical (unpaired) electrons. The van der Waals surface area contributed by atoms with Crippen molar-refractivity contribution in [2.24, 2.45) is 5.92 Å². The standard InChI is InChI=1S/C16H33N/c1-3-4-5-6-7-8-9-14-17-16-12-10-15(2)11-13-16/h15-17H,3-14H2,1-2H3. The SMILES string of the molecule is CCCCCCCCCNC1CCC(C)CC1. The molecule has 1 N–H and O–H groups in total. The molecular formula is C16H33N. The van der Waals surface area contributed by atoms with Crippen molar-refractivity contribution in [1.82, 2.24) is 5.32 Å². The van der Waals surface area contributed by atoms with E-state index in [9.17, 15) is 0 Å². The Balaban J connectivity index is 1.81. The van der Waals surface area contributed by atoms with Gasteiger partial charge in [-0.1, -0.05) is 52.4 Å². The van der Waals surface area contributed by atoms with Gasteiger partial charge in [0.15, 0.2) is 0 Å². The fourth-order valence-electron chi connectivity index (χ4n) is 2.85. The van der Waals surface area contributed by atoms with Gasteiger partial charge in [0.25, 0.3) is 0 Å². The molecule has 0 aromatic carbocycles. The van der Waals surface area contributed by atoms with Crippen LogP contribution in [0.4, 0.5) is 0 Å². The summed E-state index contributed by atoms with van der Waals surface area (Å²) in [4.78, 5) is 0. The molecule has 0 aromatic rings. The first kappa shape index (κ1) is 15.0. The Kier molecular flexibility index (Phi) is 8.78. The van der Waals surface area contributed by atoms with Crippen LogP contribution >= 0.6 is 0 Å². The predicted octanol–water partition coefficient (Wildman–Crippen LogP) is 4.91. The van der Waals surface area contributed by atoms with Gasteiger partial charge in [-0.2, -0.15) is 0 Å². The summed E-state index contributed by atoms with van der Waals surface area (Å²) in [5.41, 5.74) is 0. The van der Waals surface area contributed by atoms with E-state index in [0.717, 1.165) is 12.0 Å². The minimum Gasteiger partial charge on any atom is -0.314 e. The predicted molar refractivity (Wildman–Crippen MR) is 77.4 cm³/mol. The molecule has 0 bridgehead atoms. The summed E-state index contributed by atoms with van der Waals surface area (Å²) in [6.45, 7) is 5.94. The van der Waals surface area contributed by atoms with Crippen LogP contribution in [-0.4, -0.2) is 12.6 Å². The Hall–Kier alpha value is -0.0400. The molecule has 17 heavy (non-hydrogen) atoms. The van der Waals surface area contributed by atoms with Crippen LogP contribution in [0.5, 0.6) is 0 Å². The van der Waals surface area contributed by atoms with Crippen LogP contribution in [0.3, 0.4) is 0 Å². The lowest BCUT2D eigenvalue weighted by atomic mass is 9.87. The van der Waals surface area contributed by atoms with E-state index in [4.69, 9.17) is 0 Å². The summed E-state index contributed by atoms with van der Waals surface area (Å²) in [6.07, 6.45) is 15.7. The largest absolute Gasteiger partial charge is 0.314 e. The summed E-state index contributed by atoms with van der Waals surface area (Å²) in [7, 11) is 0. The third-order valence-corrected chi connectivity index (χ3v) is 4.23. The summed E-state index contributed by atoms with van der Waals surface area (Å²) in [5.74, 6) is 0.978. The van der Waals surface area contributed by atoms with E-state index in [1.54, 1.807) is 0 Å². The maximum absolute atomic E-state index is 3.74. The molecule has 1 heteroatoms. The second-order valence-electron chi connectivity index (χ2n) is 6.03. The average molecular weight is 239 g/mol. The molecule has 0 aliphatic heterocycles. The Morgan fingerprint density at radius 2 is 1.41 bits per heavy atom. The molecule has 0 unspecified atom stereocenters. The van der Waals surface area contributed by atoms with Gasteiger partial charge in [0, 0.05) is 6.04 Å². The second-order valence-corrected chi connectivity index (χ2v) is 6.03. The molecule has 1 rings (SSSR count). The number of unbranched alkanes of at least 4 members (excludes halogenated alkanes) is 6. The summed E-state index contributed by atoms with van der Waals surface area (Å²) in [6, 6.07) is 0.839. The highest BCUT2D eigenvalue weighted by molar-refractivity contribution is 4.74. The normalized spacial score (nSPS) is 25.1. The summed E-state index contributed by atoms with van der Waals surface area (Å²) < 4.78 is 0. The third kappa shape index (κ3) is 7.81. The van der Waals surface area contributed by atoms with E-state index in [2.05, 4.69) is 19.2 Å². The van der Waals surface area contributed by atoms with E-state index in [-0.39, 0.29) is 0 Å². The Morgan fingerprint density at radius 1 is 0.824 bits per heavy atom. The molecular weight excluding hydrogens is 206 g/mol. The molecule has 0 saturated heterocycles. The molecule has 0 aromatic heterocycles. The van der Waals surface area contributed by atoms with Crippen molar-refractivity contribution in [1.29, 1.82) is 0 Å². The lowest BCUT2D eigenvalue weighted by Gasteiger charge is -2.27. The van der Waals surface area contributed by atoms with Crippen LogP contribution in [0, 0.1) is 5.92 Å². The number of rotatable bonds is 9. The van der Waals surface area contributed by atoms with Crippen molar-refractivity contribution in [3.63, 3.8) is 0 Å². The van der Waals surface area contributed by atoms with E-state index >= 15 is 0 Å². The van der Waals surface area contributed by atoms with Gasteiger partial charge < -0.3 is 5.32 Å². The zero-order valence-electron chi connectivity index (χ0n) is 12.1. The van der Waals surface area contributed by atoms with E-state index in [1.165, 1.54) is 77.2 Å².